The van der Waals surface area contributed by atoms with Crippen LogP contribution < -0.4 is 5.32 Å². The monoisotopic (exact) mass is 229 g/mol. The Morgan fingerprint density at radius 3 is 2.56 bits per heavy atom. The maximum Gasteiger partial charge on any atom is 0.416 e. The number of nitrogens with one attached hydrogen (secondary N) is 1. The maximum absolute atomic E-state index is 12.6. The molecule has 1 unspecified atom stereocenters. The molecule has 0 saturated carbocycles. The van der Waals surface area contributed by atoms with E-state index in [1.54, 1.807) is 6.92 Å². The van der Waals surface area contributed by atoms with Crippen LogP contribution in [0.2, 0.25) is 0 Å². The van der Waals surface area contributed by atoms with Crippen LogP contribution in [0.25, 0.3) is 0 Å². The molecular weight excluding hydrogens is 215 g/mol. The van der Waals surface area contributed by atoms with Crippen LogP contribution in [-0.2, 0) is 6.18 Å². The van der Waals surface area contributed by atoms with Crippen molar-refractivity contribution in [3.05, 3.63) is 34.9 Å². The van der Waals surface area contributed by atoms with Crippen molar-refractivity contribution in [1.82, 2.24) is 5.32 Å². The van der Waals surface area contributed by atoms with E-state index in [1.807, 2.05) is 6.07 Å². The van der Waals surface area contributed by atoms with E-state index in [0.717, 1.165) is 24.9 Å². The Morgan fingerprint density at radius 1 is 1.25 bits per heavy atom. The van der Waals surface area contributed by atoms with Crippen LogP contribution in [0, 0.1) is 6.92 Å². The quantitative estimate of drug-likeness (QED) is 0.777. The Hall–Kier alpha value is -1.03. The Bertz CT molecular complexity index is 378. The standard InChI is InChI=1S/C12H14F3N/c1-8-5-9(11-3-2-4-16-11)7-10(6-8)12(13,14)15/h5-7,11,16H,2-4H2,1H3. The van der Waals surface area contributed by atoms with Crippen LogP contribution in [-0.4, -0.2) is 6.54 Å². The first-order chi connectivity index (χ1) is 7.47. The van der Waals surface area contributed by atoms with E-state index in [2.05, 4.69) is 5.32 Å². The summed E-state index contributed by atoms with van der Waals surface area (Å²) < 4.78 is 37.8. The average molecular weight is 229 g/mol. The summed E-state index contributed by atoms with van der Waals surface area (Å²) in [6, 6.07) is 4.37. The van der Waals surface area contributed by atoms with E-state index in [9.17, 15) is 13.2 Å². The molecule has 1 N–H and O–H groups in total. The highest BCUT2D eigenvalue weighted by Crippen LogP contribution is 2.33. The smallest absolute Gasteiger partial charge is 0.310 e. The first kappa shape index (κ1) is 11.5. The van der Waals surface area contributed by atoms with Crippen LogP contribution in [0.3, 0.4) is 0 Å². The van der Waals surface area contributed by atoms with Crippen molar-refractivity contribution in [3.63, 3.8) is 0 Å². The molecule has 4 heteroatoms. The molecule has 1 heterocycles. The number of rotatable bonds is 1. The lowest BCUT2D eigenvalue weighted by Gasteiger charge is -2.15. The van der Waals surface area contributed by atoms with Crippen LogP contribution in [0.5, 0.6) is 0 Å². The summed E-state index contributed by atoms with van der Waals surface area (Å²) in [4.78, 5) is 0. The predicted molar refractivity (Wildman–Crippen MR) is 56.2 cm³/mol. The summed E-state index contributed by atoms with van der Waals surface area (Å²) >= 11 is 0. The molecule has 2 rings (SSSR count). The molecule has 0 spiro atoms. The van der Waals surface area contributed by atoms with Gasteiger partial charge in [0.15, 0.2) is 0 Å². The molecule has 1 aromatic carbocycles. The average Bonchev–Trinajstić information content (AvgIpc) is 2.68. The first-order valence-electron chi connectivity index (χ1n) is 5.39. The second kappa shape index (κ2) is 4.09. The molecule has 0 aromatic heterocycles. The minimum Gasteiger partial charge on any atom is -0.310 e. The number of hydrogen-bond acceptors (Lipinski definition) is 1. The fourth-order valence-corrected chi connectivity index (χ4v) is 2.15. The molecule has 1 fully saturated rings. The third-order valence-electron chi connectivity index (χ3n) is 2.89. The Kier molecular flexibility index (Phi) is 2.93. The third kappa shape index (κ3) is 2.38. The zero-order valence-electron chi connectivity index (χ0n) is 9.06. The molecule has 88 valence electrons. The highest BCUT2D eigenvalue weighted by atomic mass is 19.4. The van der Waals surface area contributed by atoms with Gasteiger partial charge >= 0.3 is 6.18 Å². The number of benzene rings is 1. The molecular formula is C12H14F3N. The van der Waals surface area contributed by atoms with Gasteiger partial charge in [-0.3, -0.25) is 0 Å². The van der Waals surface area contributed by atoms with Gasteiger partial charge in [-0.15, -0.1) is 0 Å². The van der Waals surface area contributed by atoms with Crippen molar-refractivity contribution >= 4 is 0 Å². The van der Waals surface area contributed by atoms with Gasteiger partial charge in [-0.1, -0.05) is 11.6 Å². The molecule has 1 nitrogen and oxygen atoms in total. The van der Waals surface area contributed by atoms with Gasteiger partial charge in [0.2, 0.25) is 0 Å². The van der Waals surface area contributed by atoms with E-state index >= 15 is 0 Å². The fourth-order valence-electron chi connectivity index (χ4n) is 2.15. The number of alkyl halides is 3. The topological polar surface area (TPSA) is 12.0 Å². The van der Waals surface area contributed by atoms with Gasteiger partial charge in [-0.25, -0.2) is 0 Å². The van der Waals surface area contributed by atoms with Gasteiger partial charge in [-0.2, -0.15) is 13.2 Å². The number of halogens is 3. The van der Waals surface area contributed by atoms with Gasteiger partial charge < -0.3 is 5.32 Å². The van der Waals surface area contributed by atoms with E-state index in [-0.39, 0.29) is 6.04 Å². The van der Waals surface area contributed by atoms with Crippen molar-refractivity contribution in [2.24, 2.45) is 0 Å². The second-order valence-electron chi connectivity index (χ2n) is 4.28. The number of aryl methyl sites for hydroxylation is 1. The van der Waals surface area contributed by atoms with Crippen LogP contribution >= 0.6 is 0 Å². The molecule has 0 aliphatic carbocycles. The van der Waals surface area contributed by atoms with Crippen LogP contribution in [0.15, 0.2) is 18.2 Å². The van der Waals surface area contributed by atoms with Gasteiger partial charge in [-0.05, 0) is 44.0 Å². The third-order valence-corrected chi connectivity index (χ3v) is 2.89. The van der Waals surface area contributed by atoms with E-state index in [0.29, 0.717) is 5.56 Å². The molecule has 1 saturated heterocycles. The van der Waals surface area contributed by atoms with E-state index in [4.69, 9.17) is 0 Å². The largest absolute Gasteiger partial charge is 0.416 e. The highest BCUT2D eigenvalue weighted by Gasteiger charge is 2.31. The summed E-state index contributed by atoms with van der Waals surface area (Å²) in [7, 11) is 0. The second-order valence-corrected chi connectivity index (χ2v) is 4.28. The van der Waals surface area contributed by atoms with Crippen molar-refractivity contribution in [2.75, 3.05) is 6.54 Å². The molecule has 1 aliphatic heterocycles. The normalized spacial score (nSPS) is 21.4. The van der Waals surface area contributed by atoms with E-state index < -0.39 is 11.7 Å². The summed E-state index contributed by atoms with van der Waals surface area (Å²) in [6.45, 7) is 2.59. The minimum absolute atomic E-state index is 0.0843. The molecule has 0 radical (unpaired) electrons. The van der Waals surface area contributed by atoms with Gasteiger partial charge in [0.25, 0.3) is 0 Å². The molecule has 1 aliphatic rings. The van der Waals surface area contributed by atoms with Crippen molar-refractivity contribution in [2.45, 2.75) is 32.0 Å². The minimum atomic E-state index is -4.25. The first-order valence-corrected chi connectivity index (χ1v) is 5.39. The fraction of sp³-hybridized carbons (Fsp3) is 0.500. The highest BCUT2D eigenvalue weighted by molar-refractivity contribution is 5.33. The lowest BCUT2D eigenvalue weighted by molar-refractivity contribution is -0.137. The van der Waals surface area contributed by atoms with Crippen molar-refractivity contribution in [3.8, 4) is 0 Å². The zero-order chi connectivity index (χ0) is 11.8. The lowest BCUT2D eigenvalue weighted by atomic mass is 9.99. The predicted octanol–water partition coefficient (Wildman–Crippen LogP) is 3.44. The van der Waals surface area contributed by atoms with Crippen LogP contribution in [0.4, 0.5) is 13.2 Å². The Morgan fingerprint density at radius 2 is 2.00 bits per heavy atom. The molecule has 16 heavy (non-hydrogen) atoms. The zero-order valence-corrected chi connectivity index (χ0v) is 9.06. The lowest BCUT2D eigenvalue weighted by Crippen LogP contribution is -2.14. The summed E-state index contributed by atoms with van der Waals surface area (Å²) in [5.74, 6) is 0. The van der Waals surface area contributed by atoms with Crippen LogP contribution in [0.1, 0.15) is 35.6 Å². The molecule has 1 atom stereocenters. The number of hydrogen-bond donors (Lipinski definition) is 1. The summed E-state index contributed by atoms with van der Waals surface area (Å²) in [5, 5.41) is 3.21. The Labute approximate surface area is 92.7 Å². The van der Waals surface area contributed by atoms with Crippen molar-refractivity contribution in [1.29, 1.82) is 0 Å². The summed E-state index contributed by atoms with van der Waals surface area (Å²) in [6.07, 6.45) is -2.31. The van der Waals surface area contributed by atoms with Crippen molar-refractivity contribution < 1.29 is 13.2 Å². The van der Waals surface area contributed by atoms with E-state index in [1.165, 1.54) is 12.1 Å². The molecule has 0 bridgehead atoms. The molecule has 0 amide bonds. The molecule has 1 aromatic rings. The van der Waals surface area contributed by atoms with Gasteiger partial charge in [0, 0.05) is 6.04 Å². The van der Waals surface area contributed by atoms with Gasteiger partial charge in [0.1, 0.15) is 0 Å². The summed E-state index contributed by atoms with van der Waals surface area (Å²) in [5.41, 5.74) is 0.875. The Balaban J connectivity index is 2.35. The SMILES string of the molecule is Cc1cc(C2CCCN2)cc(C(F)(F)F)c1. The van der Waals surface area contributed by atoms with Gasteiger partial charge in [0.05, 0.1) is 5.56 Å². The maximum atomic E-state index is 12.6.